The summed E-state index contributed by atoms with van der Waals surface area (Å²) in [5.41, 5.74) is -0.287. The molecule has 7 nitrogen and oxygen atoms in total. The van der Waals surface area contributed by atoms with Gasteiger partial charge >= 0.3 is 12.1 Å². The van der Waals surface area contributed by atoms with E-state index in [0.717, 1.165) is 12.5 Å². The van der Waals surface area contributed by atoms with E-state index < -0.39 is 17.6 Å². The Morgan fingerprint density at radius 2 is 2.04 bits per heavy atom. The Morgan fingerprint density at radius 3 is 2.62 bits per heavy atom. The van der Waals surface area contributed by atoms with Crippen LogP contribution in [-0.2, 0) is 17.5 Å². The number of hydrogen-bond donors (Lipinski definition) is 0. The van der Waals surface area contributed by atoms with Gasteiger partial charge in [0.05, 0.1) is 0 Å². The fourth-order valence-corrected chi connectivity index (χ4v) is 2.46. The van der Waals surface area contributed by atoms with Gasteiger partial charge in [-0.2, -0.15) is 18.2 Å². The van der Waals surface area contributed by atoms with Crippen LogP contribution in [-0.4, -0.2) is 38.6 Å². The summed E-state index contributed by atoms with van der Waals surface area (Å²) in [6.45, 7) is 1.40. The average Bonchev–Trinajstić information content (AvgIpc) is 3.15. The van der Waals surface area contributed by atoms with Crippen LogP contribution in [0.15, 0.2) is 27.6 Å². The van der Waals surface area contributed by atoms with Gasteiger partial charge in [-0.3, -0.25) is 9.59 Å². The van der Waals surface area contributed by atoms with Crippen LogP contribution in [0.4, 0.5) is 13.2 Å². The van der Waals surface area contributed by atoms with Crippen LogP contribution < -0.4 is 5.56 Å². The number of pyridine rings is 1. The molecule has 1 aliphatic heterocycles. The average molecular weight is 342 g/mol. The maximum Gasteiger partial charge on any atom is 0.471 e. The molecule has 0 radical (unpaired) electrons. The second-order valence-corrected chi connectivity index (χ2v) is 5.35. The van der Waals surface area contributed by atoms with E-state index in [9.17, 15) is 22.8 Å². The molecule has 3 rings (SSSR count). The summed E-state index contributed by atoms with van der Waals surface area (Å²) in [7, 11) is 0. The Bertz CT molecular complexity index is 812. The summed E-state index contributed by atoms with van der Waals surface area (Å²) in [5.74, 6) is -1.71. The highest BCUT2D eigenvalue weighted by atomic mass is 19.4. The molecule has 0 spiro atoms. The molecule has 2 aromatic rings. The molecule has 3 heterocycles. The molecule has 1 amide bonds. The van der Waals surface area contributed by atoms with Gasteiger partial charge in [0.2, 0.25) is 11.7 Å². The second kappa shape index (κ2) is 6.10. The number of amides is 1. The molecule has 10 heteroatoms. The molecule has 128 valence electrons. The van der Waals surface area contributed by atoms with Gasteiger partial charge in [0, 0.05) is 43.9 Å². The van der Waals surface area contributed by atoms with E-state index in [1.54, 1.807) is 4.90 Å². The number of alkyl halides is 3. The Labute approximate surface area is 133 Å². The fourth-order valence-electron chi connectivity index (χ4n) is 2.46. The van der Waals surface area contributed by atoms with E-state index in [1.807, 2.05) is 0 Å². The van der Waals surface area contributed by atoms with Gasteiger partial charge in [-0.25, -0.2) is 0 Å². The van der Waals surface area contributed by atoms with Crippen LogP contribution >= 0.6 is 0 Å². The van der Waals surface area contributed by atoms with Crippen molar-refractivity contribution in [1.29, 1.82) is 0 Å². The first-order valence-electron chi connectivity index (χ1n) is 7.24. The molecule has 0 atom stereocenters. The number of halogens is 3. The topological polar surface area (TPSA) is 81.2 Å². The molecule has 0 saturated carbocycles. The zero-order valence-corrected chi connectivity index (χ0v) is 12.4. The molecule has 0 aromatic carbocycles. The van der Waals surface area contributed by atoms with Gasteiger partial charge in [-0.1, -0.05) is 5.16 Å². The van der Waals surface area contributed by atoms with Crippen molar-refractivity contribution in [3.05, 3.63) is 34.6 Å². The molecule has 0 N–H and O–H groups in total. The van der Waals surface area contributed by atoms with E-state index in [1.165, 1.54) is 16.8 Å². The lowest BCUT2D eigenvalue weighted by molar-refractivity contribution is -0.159. The number of carbonyl (C=O) groups is 1. The minimum Gasteiger partial charge on any atom is -0.341 e. The summed E-state index contributed by atoms with van der Waals surface area (Å²) < 4.78 is 42.9. The molecule has 1 fully saturated rings. The van der Waals surface area contributed by atoms with Gasteiger partial charge in [0.15, 0.2) is 0 Å². The molecule has 0 unspecified atom stereocenters. The van der Waals surface area contributed by atoms with Crippen molar-refractivity contribution in [1.82, 2.24) is 19.6 Å². The molecule has 1 saturated heterocycles. The molecule has 0 aliphatic carbocycles. The molecular formula is C14H13F3N4O3. The van der Waals surface area contributed by atoms with E-state index in [0.29, 0.717) is 26.1 Å². The van der Waals surface area contributed by atoms with E-state index >= 15 is 0 Å². The molecule has 0 bridgehead atoms. The molecular weight excluding hydrogens is 329 g/mol. The van der Waals surface area contributed by atoms with Gasteiger partial charge < -0.3 is 14.0 Å². The van der Waals surface area contributed by atoms with Crippen LogP contribution in [0.2, 0.25) is 0 Å². The smallest absolute Gasteiger partial charge is 0.341 e. The SMILES string of the molecule is O=C1CCCN1CCn1ccc(-c2noc(C(F)(F)F)n2)cc1=O. The van der Waals surface area contributed by atoms with Crippen LogP contribution in [0, 0.1) is 0 Å². The third-order valence-electron chi connectivity index (χ3n) is 3.71. The lowest BCUT2D eigenvalue weighted by Gasteiger charge is -2.16. The first-order chi connectivity index (χ1) is 11.3. The summed E-state index contributed by atoms with van der Waals surface area (Å²) in [6, 6.07) is 2.56. The molecule has 24 heavy (non-hydrogen) atoms. The van der Waals surface area contributed by atoms with E-state index in [4.69, 9.17) is 0 Å². The first kappa shape index (κ1) is 16.2. The predicted octanol–water partition coefficient (Wildman–Crippen LogP) is 1.54. The van der Waals surface area contributed by atoms with Gasteiger partial charge in [0.25, 0.3) is 5.56 Å². The fraction of sp³-hybridized carbons (Fsp3) is 0.429. The number of nitrogens with zero attached hydrogens (tertiary/aromatic N) is 4. The number of aromatic nitrogens is 3. The Morgan fingerprint density at radius 1 is 1.25 bits per heavy atom. The van der Waals surface area contributed by atoms with E-state index in [-0.39, 0.29) is 17.3 Å². The van der Waals surface area contributed by atoms with Crippen LogP contribution in [0.3, 0.4) is 0 Å². The highest BCUT2D eigenvalue weighted by molar-refractivity contribution is 5.77. The van der Waals surface area contributed by atoms with E-state index in [2.05, 4.69) is 14.7 Å². The number of carbonyl (C=O) groups excluding carboxylic acids is 1. The van der Waals surface area contributed by atoms with Crippen LogP contribution in [0.1, 0.15) is 18.7 Å². The maximum atomic E-state index is 12.4. The Hall–Kier alpha value is -2.65. The highest BCUT2D eigenvalue weighted by Gasteiger charge is 2.38. The van der Waals surface area contributed by atoms with Crippen molar-refractivity contribution < 1.29 is 22.5 Å². The number of likely N-dealkylation sites (tertiary alicyclic amines) is 1. The van der Waals surface area contributed by atoms with Crippen molar-refractivity contribution >= 4 is 5.91 Å². The molecule has 2 aromatic heterocycles. The maximum absolute atomic E-state index is 12.4. The minimum absolute atomic E-state index is 0.0612. The zero-order valence-electron chi connectivity index (χ0n) is 12.4. The lowest BCUT2D eigenvalue weighted by Crippen LogP contribution is -2.31. The quantitative estimate of drug-likeness (QED) is 0.842. The summed E-state index contributed by atoms with van der Waals surface area (Å²) in [6.07, 6.45) is -1.97. The van der Waals surface area contributed by atoms with Crippen molar-refractivity contribution in [3.63, 3.8) is 0 Å². The minimum atomic E-state index is -4.73. The molecule has 1 aliphatic rings. The zero-order chi connectivity index (χ0) is 17.3. The van der Waals surface area contributed by atoms with Crippen molar-refractivity contribution in [2.24, 2.45) is 0 Å². The predicted molar refractivity (Wildman–Crippen MR) is 74.8 cm³/mol. The monoisotopic (exact) mass is 342 g/mol. The third-order valence-corrected chi connectivity index (χ3v) is 3.71. The van der Waals surface area contributed by atoms with Gasteiger partial charge in [0.1, 0.15) is 0 Å². The number of rotatable bonds is 4. The summed E-state index contributed by atoms with van der Waals surface area (Å²) in [4.78, 5) is 28.5. The second-order valence-electron chi connectivity index (χ2n) is 5.35. The Balaban J connectivity index is 1.74. The van der Waals surface area contributed by atoms with Crippen molar-refractivity contribution in [2.75, 3.05) is 13.1 Å². The van der Waals surface area contributed by atoms with Crippen LogP contribution in [0.25, 0.3) is 11.4 Å². The standard InChI is InChI=1S/C14H13F3N4O3/c15-14(16,17)13-18-12(19-24-13)9-3-5-21(11(23)8-9)7-6-20-4-1-2-10(20)22/h3,5,8H,1-2,4,6-7H2. The van der Waals surface area contributed by atoms with Gasteiger partial charge in [-0.15, -0.1) is 0 Å². The first-order valence-corrected chi connectivity index (χ1v) is 7.24. The van der Waals surface area contributed by atoms with Crippen LogP contribution in [0.5, 0.6) is 0 Å². The Kier molecular flexibility index (Phi) is 4.12. The number of hydrogen-bond acceptors (Lipinski definition) is 5. The summed E-state index contributed by atoms with van der Waals surface area (Å²) in [5, 5.41) is 3.24. The van der Waals surface area contributed by atoms with Crippen molar-refractivity contribution in [3.8, 4) is 11.4 Å². The third kappa shape index (κ3) is 3.31. The summed E-state index contributed by atoms with van der Waals surface area (Å²) >= 11 is 0. The lowest BCUT2D eigenvalue weighted by atomic mass is 10.2. The van der Waals surface area contributed by atoms with Crippen molar-refractivity contribution in [2.45, 2.75) is 25.6 Å². The van der Waals surface area contributed by atoms with Gasteiger partial charge in [-0.05, 0) is 12.5 Å². The largest absolute Gasteiger partial charge is 0.471 e. The normalized spacial score (nSPS) is 15.3. The highest BCUT2D eigenvalue weighted by Crippen LogP contribution is 2.29.